The third-order valence-corrected chi connectivity index (χ3v) is 5.45. The van der Waals surface area contributed by atoms with Crippen molar-refractivity contribution in [2.75, 3.05) is 10.7 Å². The van der Waals surface area contributed by atoms with E-state index in [1.54, 1.807) is 17.0 Å². The van der Waals surface area contributed by atoms with Crippen molar-refractivity contribution in [3.8, 4) is 17.1 Å². The number of carbonyl (C=O) groups excluding carboxylic acids is 1. The largest absolute Gasteiger partial charge is 0.447 e. The van der Waals surface area contributed by atoms with Crippen LogP contribution in [-0.2, 0) is 4.79 Å². The van der Waals surface area contributed by atoms with Crippen LogP contribution in [0.5, 0.6) is 5.88 Å². The lowest BCUT2D eigenvalue weighted by molar-refractivity contribution is -0.120. The van der Waals surface area contributed by atoms with E-state index in [4.69, 9.17) is 16.3 Å². The first-order chi connectivity index (χ1) is 14.1. The number of hydrogen-bond acceptors (Lipinski definition) is 6. The summed E-state index contributed by atoms with van der Waals surface area (Å²) in [5, 5.41) is 9.70. The zero-order chi connectivity index (χ0) is 20.4. The number of hydrogen-bond donors (Lipinski definition) is 0. The maximum atomic E-state index is 13.0. The lowest BCUT2D eigenvalue weighted by atomic mass is 10.1. The van der Waals surface area contributed by atoms with E-state index in [0.29, 0.717) is 33.9 Å². The molecule has 1 aliphatic heterocycles. The van der Waals surface area contributed by atoms with E-state index in [0.717, 1.165) is 16.9 Å². The molecule has 0 unspecified atom stereocenters. The molecule has 1 amide bonds. The smallest absolute Gasteiger partial charge is 0.247 e. The third kappa shape index (κ3) is 3.80. The molecule has 148 valence electrons. The zero-order valence-electron chi connectivity index (χ0n) is 16.0. The van der Waals surface area contributed by atoms with Gasteiger partial charge >= 0.3 is 0 Å². The van der Waals surface area contributed by atoms with Gasteiger partial charge in [-0.2, -0.15) is 4.98 Å². The van der Waals surface area contributed by atoms with E-state index in [-0.39, 0.29) is 5.91 Å². The van der Waals surface area contributed by atoms with Crippen LogP contribution in [0.4, 0.5) is 5.69 Å². The summed E-state index contributed by atoms with van der Waals surface area (Å²) in [6.45, 7) is 3.85. The van der Waals surface area contributed by atoms with Gasteiger partial charge in [-0.1, -0.05) is 67.5 Å². The molecular weight excluding hydrogens is 408 g/mol. The minimum atomic E-state index is -0.722. The molecule has 0 N–H and O–H groups in total. The topological polar surface area (TPSA) is 68.2 Å². The van der Waals surface area contributed by atoms with Gasteiger partial charge in [0.15, 0.2) is 5.69 Å². The highest BCUT2D eigenvalue weighted by molar-refractivity contribution is 7.99. The summed E-state index contributed by atoms with van der Waals surface area (Å²) in [6.07, 6.45) is -0.402. The highest BCUT2D eigenvalue weighted by atomic mass is 35.5. The van der Waals surface area contributed by atoms with Gasteiger partial charge < -0.3 is 4.74 Å². The van der Waals surface area contributed by atoms with Gasteiger partial charge in [-0.25, -0.2) is 0 Å². The molecule has 29 heavy (non-hydrogen) atoms. The summed E-state index contributed by atoms with van der Waals surface area (Å²) >= 11 is 7.71. The fraction of sp³-hybridized carbons (Fsp3) is 0.238. The maximum absolute atomic E-state index is 13.0. The fourth-order valence-electron chi connectivity index (χ4n) is 3.22. The molecule has 0 saturated carbocycles. The minimum absolute atomic E-state index is 0.0775. The van der Waals surface area contributed by atoms with Crippen LogP contribution >= 0.6 is 23.4 Å². The number of thioether (sulfide) groups is 1. The molecule has 8 heteroatoms. The normalized spacial score (nSPS) is 15.1. The molecule has 0 bridgehead atoms. The Balaban J connectivity index is 1.95. The van der Waals surface area contributed by atoms with Crippen LogP contribution in [0.25, 0.3) is 11.3 Å². The number of rotatable bonds is 4. The van der Waals surface area contributed by atoms with Crippen molar-refractivity contribution < 1.29 is 9.53 Å². The van der Waals surface area contributed by atoms with Crippen molar-refractivity contribution in [3.63, 3.8) is 0 Å². The zero-order valence-corrected chi connectivity index (χ0v) is 17.6. The molecule has 3 aromatic rings. The van der Waals surface area contributed by atoms with Gasteiger partial charge in [0.1, 0.15) is 0 Å². The van der Waals surface area contributed by atoms with Crippen LogP contribution in [-0.4, -0.2) is 26.8 Å². The van der Waals surface area contributed by atoms with Crippen LogP contribution < -0.4 is 9.64 Å². The number of anilines is 1. The van der Waals surface area contributed by atoms with Crippen LogP contribution in [0.2, 0.25) is 5.02 Å². The van der Waals surface area contributed by atoms with E-state index in [2.05, 4.69) is 15.2 Å². The highest BCUT2D eigenvalue weighted by Gasteiger charge is 2.35. The number of para-hydroxylation sites is 1. The molecule has 1 atom stereocenters. The molecule has 0 saturated heterocycles. The summed E-state index contributed by atoms with van der Waals surface area (Å²) in [5.74, 6) is 1.08. The predicted octanol–water partition coefficient (Wildman–Crippen LogP) is 5.14. The minimum Gasteiger partial charge on any atom is -0.447 e. The van der Waals surface area contributed by atoms with Gasteiger partial charge in [0, 0.05) is 22.6 Å². The second-order valence-electron chi connectivity index (χ2n) is 6.34. The van der Waals surface area contributed by atoms with Crippen LogP contribution in [0.15, 0.2) is 53.7 Å². The average molecular weight is 427 g/mol. The Hall–Kier alpha value is -2.64. The average Bonchev–Trinajstić information content (AvgIpc) is 2.88. The van der Waals surface area contributed by atoms with Gasteiger partial charge in [-0.05, 0) is 24.0 Å². The van der Waals surface area contributed by atoms with Crippen molar-refractivity contribution in [2.24, 2.45) is 0 Å². The number of benzene rings is 2. The number of nitrogens with zero attached hydrogens (tertiary/aromatic N) is 4. The van der Waals surface area contributed by atoms with Crippen molar-refractivity contribution in [1.29, 1.82) is 0 Å². The quantitative estimate of drug-likeness (QED) is 0.538. The molecule has 2 aromatic carbocycles. The molecule has 0 spiro atoms. The number of fused-ring (bicyclic) bond motifs is 3. The van der Waals surface area contributed by atoms with E-state index < -0.39 is 6.23 Å². The van der Waals surface area contributed by atoms with E-state index in [1.165, 1.54) is 11.8 Å². The van der Waals surface area contributed by atoms with Gasteiger partial charge in [0.2, 0.25) is 23.2 Å². The summed E-state index contributed by atoms with van der Waals surface area (Å²) in [4.78, 5) is 19.2. The van der Waals surface area contributed by atoms with E-state index in [1.807, 2.05) is 50.2 Å². The predicted molar refractivity (Wildman–Crippen MR) is 114 cm³/mol. The number of halogens is 1. The second kappa shape index (κ2) is 8.39. The number of amides is 1. The first-order valence-electron chi connectivity index (χ1n) is 9.33. The lowest BCUT2D eigenvalue weighted by Crippen LogP contribution is -2.37. The Labute approximate surface area is 178 Å². The first-order valence-corrected chi connectivity index (χ1v) is 10.7. The molecule has 0 aliphatic carbocycles. The molecule has 1 aliphatic rings. The highest BCUT2D eigenvalue weighted by Crippen LogP contribution is 2.43. The molecule has 0 fully saturated rings. The SMILES string of the molecule is CCSc1nnc2c(n1)O[C@@H](c1cccc(Cl)c1)N(C(=O)CC)c1ccccc1-2. The Morgan fingerprint density at radius 2 is 2.00 bits per heavy atom. The standard InChI is InChI=1S/C21H19ClN4O2S/c1-3-17(27)26-16-11-6-5-10-15(16)18-19(23-21(25-24-18)29-4-2)28-20(26)13-8-7-9-14(22)12-13/h5-12,20H,3-4H2,1-2H3/t20-/m0/s1. The molecule has 4 rings (SSSR count). The van der Waals surface area contributed by atoms with E-state index in [9.17, 15) is 4.79 Å². The van der Waals surface area contributed by atoms with Crippen molar-refractivity contribution in [1.82, 2.24) is 15.2 Å². The number of aromatic nitrogens is 3. The van der Waals surface area contributed by atoms with Gasteiger partial charge in [-0.15, -0.1) is 10.2 Å². The van der Waals surface area contributed by atoms with Crippen LogP contribution in [0.3, 0.4) is 0 Å². The lowest BCUT2D eigenvalue weighted by Gasteiger charge is -2.30. The number of ether oxygens (including phenoxy) is 1. The summed E-state index contributed by atoms with van der Waals surface area (Å²) in [6, 6.07) is 14.9. The van der Waals surface area contributed by atoms with E-state index >= 15 is 0 Å². The maximum Gasteiger partial charge on any atom is 0.247 e. The monoisotopic (exact) mass is 426 g/mol. The van der Waals surface area contributed by atoms with Crippen molar-refractivity contribution in [2.45, 2.75) is 31.7 Å². The summed E-state index contributed by atoms with van der Waals surface area (Å²) in [7, 11) is 0. The molecule has 6 nitrogen and oxygen atoms in total. The van der Waals surface area contributed by atoms with Gasteiger partial charge in [0.05, 0.1) is 5.69 Å². The second-order valence-corrected chi connectivity index (χ2v) is 8.01. The van der Waals surface area contributed by atoms with Gasteiger partial charge in [0.25, 0.3) is 0 Å². The van der Waals surface area contributed by atoms with Crippen molar-refractivity contribution in [3.05, 3.63) is 59.1 Å². The molecule has 2 heterocycles. The Kier molecular flexibility index (Phi) is 5.69. The first kappa shape index (κ1) is 19.7. The van der Waals surface area contributed by atoms with Gasteiger partial charge in [-0.3, -0.25) is 9.69 Å². The summed E-state index contributed by atoms with van der Waals surface area (Å²) < 4.78 is 6.32. The molecule has 0 radical (unpaired) electrons. The Bertz CT molecular complexity index is 1060. The Morgan fingerprint density at radius 1 is 1.17 bits per heavy atom. The fourth-order valence-corrected chi connectivity index (χ4v) is 3.92. The summed E-state index contributed by atoms with van der Waals surface area (Å²) in [5.41, 5.74) is 2.72. The van der Waals surface area contributed by atoms with Crippen LogP contribution in [0.1, 0.15) is 32.1 Å². The third-order valence-electron chi connectivity index (χ3n) is 4.49. The van der Waals surface area contributed by atoms with Crippen molar-refractivity contribution >= 4 is 35.0 Å². The molecule has 1 aromatic heterocycles. The molecular formula is C21H19ClN4O2S. The Morgan fingerprint density at radius 3 is 2.76 bits per heavy atom. The number of carbonyl (C=O) groups is 1. The van der Waals surface area contributed by atoms with Crippen LogP contribution in [0, 0.1) is 0 Å².